The van der Waals surface area contributed by atoms with Crippen LogP contribution in [0.15, 0.2) is 47.5 Å². The molecule has 1 unspecified atom stereocenters. The summed E-state index contributed by atoms with van der Waals surface area (Å²) in [5, 5.41) is 10.2. The number of hydrogen-bond acceptors (Lipinski definition) is 5. The smallest absolute Gasteiger partial charge is 0.407 e. The molecular weight excluding hydrogens is 408 g/mol. The highest BCUT2D eigenvalue weighted by molar-refractivity contribution is 7.90. The van der Waals surface area contributed by atoms with Crippen molar-refractivity contribution in [3.8, 4) is 11.5 Å². The second-order valence-corrected chi connectivity index (χ2v) is 8.96. The van der Waals surface area contributed by atoms with Crippen LogP contribution in [0, 0.1) is 6.92 Å². The number of rotatable bonds is 3. The van der Waals surface area contributed by atoms with E-state index >= 15 is 0 Å². The highest BCUT2D eigenvalue weighted by atomic mass is 32.2. The maximum Gasteiger partial charge on any atom is 0.407 e. The SMILES string of the molecule is COc1cc(C)ccc1S(=O)(=O)n1ccc2c3c(ccc21)OCCN(C(=O)O)C3C. The third-order valence-corrected chi connectivity index (χ3v) is 7.14. The average molecular weight is 430 g/mol. The van der Waals surface area contributed by atoms with Crippen LogP contribution in [0.25, 0.3) is 10.9 Å². The van der Waals surface area contributed by atoms with Crippen molar-refractivity contribution in [3.63, 3.8) is 0 Å². The molecule has 4 rings (SSSR count). The molecule has 2 heterocycles. The van der Waals surface area contributed by atoms with E-state index in [1.807, 2.05) is 6.92 Å². The van der Waals surface area contributed by atoms with Gasteiger partial charge in [0.2, 0.25) is 0 Å². The molecule has 9 heteroatoms. The molecule has 0 saturated carbocycles. The van der Waals surface area contributed by atoms with Crippen LogP contribution in [-0.4, -0.2) is 48.8 Å². The van der Waals surface area contributed by atoms with Gasteiger partial charge in [-0.15, -0.1) is 0 Å². The molecule has 0 spiro atoms. The van der Waals surface area contributed by atoms with Crippen molar-refractivity contribution < 1.29 is 27.8 Å². The summed E-state index contributed by atoms with van der Waals surface area (Å²) in [5.41, 5.74) is 1.98. The average Bonchev–Trinajstić information content (AvgIpc) is 3.07. The van der Waals surface area contributed by atoms with Crippen molar-refractivity contribution in [2.24, 2.45) is 0 Å². The molecule has 1 aromatic heterocycles. The number of fused-ring (bicyclic) bond motifs is 3. The van der Waals surface area contributed by atoms with Gasteiger partial charge in [-0.1, -0.05) is 6.07 Å². The number of benzene rings is 2. The number of nitrogens with zero attached hydrogens (tertiary/aromatic N) is 2. The van der Waals surface area contributed by atoms with Crippen molar-refractivity contribution in [3.05, 3.63) is 53.7 Å². The zero-order chi connectivity index (χ0) is 21.6. The number of amides is 1. The summed E-state index contributed by atoms with van der Waals surface area (Å²) in [6.45, 7) is 4.09. The van der Waals surface area contributed by atoms with Gasteiger partial charge >= 0.3 is 6.09 Å². The molecule has 1 aliphatic heterocycles. The summed E-state index contributed by atoms with van der Waals surface area (Å²) in [6.07, 6.45) is 0.426. The first-order valence-electron chi connectivity index (χ1n) is 9.42. The largest absolute Gasteiger partial charge is 0.495 e. The van der Waals surface area contributed by atoms with E-state index in [9.17, 15) is 18.3 Å². The molecule has 3 aromatic rings. The number of carbonyl (C=O) groups is 1. The summed E-state index contributed by atoms with van der Waals surface area (Å²) >= 11 is 0. The minimum Gasteiger partial charge on any atom is -0.495 e. The van der Waals surface area contributed by atoms with Crippen LogP contribution in [0.1, 0.15) is 24.1 Å². The first kappa shape index (κ1) is 20.1. The summed E-state index contributed by atoms with van der Waals surface area (Å²) in [4.78, 5) is 13.0. The molecule has 1 atom stereocenters. The molecule has 1 aliphatic rings. The molecule has 8 nitrogen and oxygen atoms in total. The number of aryl methyl sites for hydroxylation is 1. The predicted octanol–water partition coefficient (Wildman–Crippen LogP) is 3.63. The predicted molar refractivity (Wildman–Crippen MR) is 111 cm³/mol. The highest BCUT2D eigenvalue weighted by Gasteiger charge is 2.30. The second kappa shape index (κ2) is 7.24. The van der Waals surface area contributed by atoms with Gasteiger partial charge in [-0.05, 0) is 49.7 Å². The monoisotopic (exact) mass is 430 g/mol. The van der Waals surface area contributed by atoms with Gasteiger partial charge in [0.1, 0.15) is 23.0 Å². The Morgan fingerprint density at radius 2 is 2.00 bits per heavy atom. The Balaban J connectivity index is 1.92. The molecule has 30 heavy (non-hydrogen) atoms. The van der Waals surface area contributed by atoms with Gasteiger partial charge in [-0.3, -0.25) is 4.90 Å². The van der Waals surface area contributed by atoms with Crippen LogP contribution < -0.4 is 9.47 Å². The van der Waals surface area contributed by atoms with Gasteiger partial charge in [0.15, 0.2) is 0 Å². The Morgan fingerprint density at radius 1 is 1.23 bits per heavy atom. The first-order valence-corrected chi connectivity index (χ1v) is 10.9. The van der Waals surface area contributed by atoms with Crippen molar-refractivity contribution in [2.45, 2.75) is 24.8 Å². The molecule has 0 aliphatic carbocycles. The van der Waals surface area contributed by atoms with Crippen LogP contribution in [0.2, 0.25) is 0 Å². The van der Waals surface area contributed by atoms with Crippen molar-refractivity contribution in [1.82, 2.24) is 8.87 Å². The van der Waals surface area contributed by atoms with Gasteiger partial charge in [-0.25, -0.2) is 17.2 Å². The zero-order valence-corrected chi connectivity index (χ0v) is 17.6. The maximum atomic E-state index is 13.4. The van der Waals surface area contributed by atoms with E-state index in [0.29, 0.717) is 22.2 Å². The van der Waals surface area contributed by atoms with E-state index in [0.717, 1.165) is 5.56 Å². The van der Waals surface area contributed by atoms with Gasteiger partial charge in [-0.2, -0.15) is 0 Å². The molecule has 0 fully saturated rings. The van der Waals surface area contributed by atoms with Gasteiger partial charge in [0.05, 0.1) is 25.2 Å². The van der Waals surface area contributed by atoms with Gasteiger partial charge in [0.25, 0.3) is 10.0 Å². The van der Waals surface area contributed by atoms with Crippen LogP contribution in [0.3, 0.4) is 0 Å². The molecule has 2 aromatic carbocycles. The van der Waals surface area contributed by atoms with E-state index in [2.05, 4.69) is 0 Å². The number of hydrogen-bond donors (Lipinski definition) is 1. The molecule has 158 valence electrons. The van der Waals surface area contributed by atoms with Crippen LogP contribution in [0.5, 0.6) is 11.5 Å². The van der Waals surface area contributed by atoms with E-state index < -0.39 is 22.2 Å². The minimum atomic E-state index is -3.94. The number of aromatic nitrogens is 1. The van der Waals surface area contributed by atoms with E-state index in [1.165, 1.54) is 28.2 Å². The fourth-order valence-corrected chi connectivity index (χ4v) is 5.41. The quantitative estimate of drug-likeness (QED) is 0.681. The van der Waals surface area contributed by atoms with E-state index in [1.54, 1.807) is 37.3 Å². The van der Waals surface area contributed by atoms with Crippen LogP contribution in [0.4, 0.5) is 4.79 Å². The standard InChI is InChI=1S/C21H22N2O6S/c1-13-4-7-19(18(12-13)28-3)30(26,27)23-9-8-15-16(23)5-6-17-20(15)14(2)22(21(24)25)10-11-29-17/h4-9,12,14H,10-11H2,1-3H3,(H,24,25). The Labute approximate surface area is 174 Å². The Hall–Kier alpha value is -3.20. The molecule has 1 amide bonds. The molecule has 0 saturated heterocycles. The number of carboxylic acid groups (broad SMARTS) is 1. The van der Waals surface area contributed by atoms with Crippen LogP contribution in [-0.2, 0) is 10.0 Å². The zero-order valence-electron chi connectivity index (χ0n) is 16.8. The lowest BCUT2D eigenvalue weighted by Crippen LogP contribution is -2.33. The normalized spacial score (nSPS) is 16.6. The van der Waals surface area contributed by atoms with Crippen molar-refractivity contribution >= 4 is 27.0 Å². The topological polar surface area (TPSA) is 98.1 Å². The Kier molecular flexibility index (Phi) is 4.85. The molecular formula is C21H22N2O6S. The molecule has 1 N–H and O–H groups in total. The summed E-state index contributed by atoms with van der Waals surface area (Å²) in [7, 11) is -2.51. The lowest BCUT2D eigenvalue weighted by atomic mass is 10.0. The summed E-state index contributed by atoms with van der Waals surface area (Å²) in [6, 6.07) is 9.47. The van der Waals surface area contributed by atoms with E-state index in [4.69, 9.17) is 9.47 Å². The number of methoxy groups -OCH3 is 1. The Morgan fingerprint density at radius 3 is 2.70 bits per heavy atom. The van der Waals surface area contributed by atoms with Crippen LogP contribution >= 0.6 is 0 Å². The van der Waals surface area contributed by atoms with Gasteiger partial charge in [0, 0.05) is 17.1 Å². The lowest BCUT2D eigenvalue weighted by Gasteiger charge is -2.24. The highest BCUT2D eigenvalue weighted by Crippen LogP contribution is 2.39. The minimum absolute atomic E-state index is 0.0551. The fourth-order valence-electron chi connectivity index (χ4n) is 3.92. The fraction of sp³-hybridized carbons (Fsp3) is 0.286. The summed E-state index contributed by atoms with van der Waals surface area (Å²) < 4.78 is 39.1. The summed E-state index contributed by atoms with van der Waals surface area (Å²) in [5.74, 6) is 0.821. The lowest BCUT2D eigenvalue weighted by molar-refractivity contribution is 0.125. The number of ether oxygens (including phenoxy) is 2. The van der Waals surface area contributed by atoms with E-state index in [-0.39, 0.29) is 23.8 Å². The molecule has 0 bridgehead atoms. The third-order valence-electron chi connectivity index (χ3n) is 5.41. The maximum absolute atomic E-state index is 13.4. The first-order chi connectivity index (χ1) is 14.3. The Bertz CT molecular complexity index is 1250. The third kappa shape index (κ3) is 3.06. The molecule has 0 radical (unpaired) electrons. The van der Waals surface area contributed by atoms with Crippen molar-refractivity contribution in [1.29, 1.82) is 0 Å². The second-order valence-electron chi connectivity index (χ2n) is 7.18. The van der Waals surface area contributed by atoms with Gasteiger partial charge < -0.3 is 14.6 Å². The van der Waals surface area contributed by atoms with Crippen molar-refractivity contribution in [2.75, 3.05) is 20.3 Å².